The molecule has 3 spiro atoms. The van der Waals surface area contributed by atoms with Crippen molar-refractivity contribution in [1.82, 2.24) is 0 Å². The summed E-state index contributed by atoms with van der Waals surface area (Å²) in [6.07, 6.45) is -2.06. The fraction of sp³-hybridized carbons (Fsp3) is 0.793. The van der Waals surface area contributed by atoms with Crippen molar-refractivity contribution in [1.29, 1.82) is 0 Å². The lowest BCUT2D eigenvalue weighted by molar-refractivity contribution is -0.306. The Morgan fingerprint density at radius 1 is 1.03 bits per heavy atom. The molecule has 10 heteroatoms. The van der Waals surface area contributed by atoms with E-state index in [0.29, 0.717) is 24.0 Å². The molecule has 0 radical (unpaired) electrons. The lowest BCUT2D eigenvalue weighted by Crippen LogP contribution is -2.62. The molecule has 2 unspecified atom stereocenters. The first kappa shape index (κ1) is 24.6. The van der Waals surface area contributed by atoms with E-state index in [1.165, 1.54) is 0 Å². The van der Waals surface area contributed by atoms with Crippen molar-refractivity contribution in [2.75, 3.05) is 0 Å². The Kier molecular flexibility index (Phi) is 4.32. The van der Waals surface area contributed by atoms with Crippen molar-refractivity contribution in [3.63, 3.8) is 0 Å². The molecule has 6 heterocycles. The van der Waals surface area contributed by atoms with Gasteiger partial charge in [0.1, 0.15) is 17.8 Å². The predicted octanol–water partition coefficient (Wildman–Crippen LogP) is 1.55. The number of allylic oxidation sites excluding steroid dienone is 1. The smallest absolute Gasteiger partial charge is 0.312 e. The second-order valence-corrected chi connectivity index (χ2v) is 14.0. The van der Waals surface area contributed by atoms with Crippen LogP contribution < -0.4 is 0 Å². The second-order valence-electron chi connectivity index (χ2n) is 14.0. The molecule has 39 heavy (non-hydrogen) atoms. The Bertz CT molecular complexity index is 1320. The summed E-state index contributed by atoms with van der Waals surface area (Å²) in [6.45, 7) is 9.14. The van der Waals surface area contributed by atoms with Crippen molar-refractivity contribution < 1.29 is 48.0 Å². The summed E-state index contributed by atoms with van der Waals surface area (Å²) in [6, 6.07) is 0. The van der Waals surface area contributed by atoms with Crippen LogP contribution in [-0.2, 0) is 42.9 Å². The molecular formula is C29H34O10. The van der Waals surface area contributed by atoms with Gasteiger partial charge in [-0.05, 0) is 58.1 Å². The van der Waals surface area contributed by atoms with E-state index in [2.05, 4.69) is 0 Å². The van der Waals surface area contributed by atoms with Gasteiger partial charge in [0.2, 0.25) is 11.6 Å². The molecule has 7 fully saturated rings. The minimum absolute atomic E-state index is 0.0952. The Labute approximate surface area is 225 Å². The molecule has 8 aliphatic rings. The van der Waals surface area contributed by atoms with E-state index in [1.54, 1.807) is 13.8 Å². The Balaban J connectivity index is 1.33. The van der Waals surface area contributed by atoms with Gasteiger partial charge in [0, 0.05) is 17.8 Å². The Hall–Kier alpha value is -2.14. The van der Waals surface area contributed by atoms with Gasteiger partial charge in [-0.15, -0.1) is 0 Å². The lowest BCUT2D eigenvalue weighted by Gasteiger charge is -2.48. The Morgan fingerprint density at radius 2 is 1.77 bits per heavy atom. The van der Waals surface area contributed by atoms with Gasteiger partial charge in [-0.1, -0.05) is 6.92 Å². The number of ketones is 2. The largest absolute Gasteiger partial charge is 0.456 e. The highest BCUT2D eigenvalue weighted by Gasteiger charge is 2.82. The maximum Gasteiger partial charge on any atom is 0.312 e. The van der Waals surface area contributed by atoms with Crippen LogP contribution in [0, 0.1) is 29.1 Å². The first-order valence-corrected chi connectivity index (χ1v) is 14.2. The number of Topliss-reactive ketones (excluding diaryl/α,β-unsaturated/α-hetero) is 2. The monoisotopic (exact) mass is 542 g/mol. The van der Waals surface area contributed by atoms with E-state index in [-0.39, 0.29) is 36.9 Å². The third kappa shape index (κ3) is 2.51. The van der Waals surface area contributed by atoms with Gasteiger partial charge in [-0.2, -0.15) is 0 Å². The molecule has 6 aliphatic heterocycles. The number of rotatable bonds is 0. The highest BCUT2D eigenvalue weighted by Crippen LogP contribution is 2.70. The van der Waals surface area contributed by atoms with Crippen molar-refractivity contribution in [2.24, 2.45) is 29.1 Å². The van der Waals surface area contributed by atoms with Gasteiger partial charge in [0.15, 0.2) is 11.9 Å². The molecular weight excluding hydrogens is 508 g/mol. The number of esters is 2. The van der Waals surface area contributed by atoms with E-state index in [9.17, 15) is 24.3 Å². The van der Waals surface area contributed by atoms with E-state index in [1.807, 2.05) is 20.8 Å². The fourth-order valence-corrected chi connectivity index (χ4v) is 10.2. The van der Waals surface area contributed by atoms with Crippen LogP contribution in [0.4, 0.5) is 0 Å². The topological polar surface area (TPSA) is 135 Å². The van der Waals surface area contributed by atoms with Gasteiger partial charge in [0.25, 0.3) is 0 Å². The zero-order chi connectivity index (χ0) is 27.7. The minimum atomic E-state index is -1.86. The average Bonchev–Trinajstić information content (AvgIpc) is 3.45. The van der Waals surface area contributed by atoms with Crippen LogP contribution in [0.1, 0.15) is 66.7 Å². The molecule has 6 saturated heterocycles. The van der Waals surface area contributed by atoms with Crippen molar-refractivity contribution in [2.45, 2.75) is 114 Å². The normalized spacial score (nSPS) is 56.3. The zero-order valence-electron chi connectivity index (χ0n) is 22.8. The average molecular weight is 543 g/mol. The Morgan fingerprint density at radius 3 is 2.51 bits per heavy atom. The number of hydrogen-bond donors (Lipinski definition) is 1. The molecule has 8 rings (SSSR count). The van der Waals surface area contributed by atoms with Crippen LogP contribution >= 0.6 is 0 Å². The number of fused-ring (bicyclic) bond motifs is 2. The molecule has 0 amide bonds. The van der Waals surface area contributed by atoms with Gasteiger partial charge < -0.3 is 28.8 Å². The highest BCUT2D eigenvalue weighted by molar-refractivity contribution is 6.06. The quantitative estimate of drug-likeness (QED) is 0.449. The van der Waals surface area contributed by atoms with Gasteiger partial charge in [0.05, 0.1) is 41.5 Å². The first-order chi connectivity index (χ1) is 18.2. The molecule has 0 aromatic rings. The molecule has 1 saturated carbocycles. The van der Waals surface area contributed by atoms with Crippen LogP contribution in [0.5, 0.6) is 0 Å². The molecule has 210 valence electrons. The maximum atomic E-state index is 14.8. The number of carbonyl (C=O) groups excluding carboxylic acids is 4. The first-order valence-electron chi connectivity index (χ1n) is 14.2. The summed E-state index contributed by atoms with van der Waals surface area (Å²) < 4.78 is 31.8. The van der Waals surface area contributed by atoms with Crippen molar-refractivity contribution in [3.05, 3.63) is 11.1 Å². The molecule has 0 aromatic heterocycles. The SMILES string of the molecule is CC1=C2[C@H]3OC(=O)[C@@H](C)[C@H]3O[C@]34O[C@@]5(CCC(C)(C1=O)[C@H]23)CC12OC(=O)C[C@H]1OC(C)(C)[C@@H]2C[C@H](O)[C@H]5C4=O. The van der Waals surface area contributed by atoms with E-state index < -0.39 is 81.9 Å². The molecule has 2 bridgehead atoms. The predicted molar refractivity (Wildman–Crippen MR) is 129 cm³/mol. The molecule has 10 nitrogen and oxygen atoms in total. The van der Waals surface area contributed by atoms with Gasteiger partial charge >= 0.3 is 11.9 Å². The fourth-order valence-electron chi connectivity index (χ4n) is 10.2. The third-order valence-corrected chi connectivity index (χ3v) is 11.8. The van der Waals surface area contributed by atoms with E-state index in [4.69, 9.17) is 23.7 Å². The van der Waals surface area contributed by atoms with Crippen LogP contribution in [0.25, 0.3) is 0 Å². The van der Waals surface area contributed by atoms with Crippen LogP contribution in [0.3, 0.4) is 0 Å². The second kappa shape index (κ2) is 6.83. The summed E-state index contributed by atoms with van der Waals surface area (Å²) in [7, 11) is 0. The van der Waals surface area contributed by atoms with Crippen LogP contribution in [0.2, 0.25) is 0 Å². The number of aliphatic hydroxyl groups is 1. The number of hydrogen-bond acceptors (Lipinski definition) is 10. The van der Waals surface area contributed by atoms with Gasteiger partial charge in [-0.25, -0.2) is 0 Å². The summed E-state index contributed by atoms with van der Waals surface area (Å²) in [5.74, 6) is -5.91. The van der Waals surface area contributed by atoms with Crippen molar-refractivity contribution in [3.8, 4) is 0 Å². The molecule has 2 aliphatic carbocycles. The zero-order valence-corrected chi connectivity index (χ0v) is 22.8. The summed E-state index contributed by atoms with van der Waals surface area (Å²) in [5, 5.41) is 11.8. The van der Waals surface area contributed by atoms with Gasteiger partial charge in [-0.3, -0.25) is 19.2 Å². The maximum absolute atomic E-state index is 14.8. The molecule has 0 aromatic carbocycles. The summed E-state index contributed by atoms with van der Waals surface area (Å²) in [4.78, 5) is 54.0. The summed E-state index contributed by atoms with van der Waals surface area (Å²) >= 11 is 0. The standard InChI is InChI=1S/C29H34O10/c1-11-17-20-19(12(2)24(34)35-20)38-29-21(17)26(5,22(11)32)6-7-27(39-29)10-28-14(8-13(30)18(27)23(29)33)25(3,4)36-15(28)9-16(31)37-28/h12-15,18-21,30H,6-10H2,1-5H3/t12-,13-,14-,15+,18-,19+,20+,21-,26?,27-,28?,29-/m0/s1. The number of carbonyl (C=O) groups is 4. The molecule has 12 atom stereocenters. The molecule has 1 N–H and O–H groups in total. The number of aliphatic hydroxyl groups excluding tert-OH is 1. The van der Waals surface area contributed by atoms with E-state index >= 15 is 0 Å². The minimum Gasteiger partial charge on any atom is -0.456 e. The summed E-state index contributed by atoms with van der Waals surface area (Å²) in [5.41, 5.74) is -2.92. The third-order valence-electron chi connectivity index (χ3n) is 11.8. The van der Waals surface area contributed by atoms with Crippen LogP contribution in [0.15, 0.2) is 11.1 Å². The lowest BCUT2D eigenvalue weighted by atomic mass is 9.61. The van der Waals surface area contributed by atoms with Crippen LogP contribution in [-0.4, -0.2) is 75.6 Å². The van der Waals surface area contributed by atoms with E-state index in [0.717, 1.165) is 0 Å². The highest BCUT2D eigenvalue weighted by atomic mass is 16.7. The number of ether oxygens (including phenoxy) is 5. The van der Waals surface area contributed by atoms with Crippen molar-refractivity contribution >= 4 is 23.5 Å².